The number of anilines is 1. The molecule has 3 heterocycles. The SMILES string of the molecule is O=C(/C=C/c1cnccc1-c1cnnnc1)Nc1ccc(CN2CCOCC2)cc1. The van der Waals surface area contributed by atoms with E-state index in [-0.39, 0.29) is 5.91 Å². The molecule has 0 atom stereocenters. The summed E-state index contributed by atoms with van der Waals surface area (Å²) < 4.78 is 5.38. The summed E-state index contributed by atoms with van der Waals surface area (Å²) in [7, 11) is 0. The van der Waals surface area contributed by atoms with Gasteiger partial charge in [0.1, 0.15) is 0 Å². The molecule has 1 amide bonds. The van der Waals surface area contributed by atoms with Crippen molar-refractivity contribution >= 4 is 17.7 Å². The standard InChI is InChI=1S/C22H22N6O2/c29-22(6-3-18-13-23-8-7-21(18)19-14-24-27-25-15-19)26-20-4-1-17(2-5-20)16-28-9-11-30-12-10-28/h1-8,13-15H,9-12,16H2,(H,26,29)/b6-3+. The second-order valence-corrected chi connectivity index (χ2v) is 6.90. The van der Waals surface area contributed by atoms with Gasteiger partial charge < -0.3 is 10.1 Å². The van der Waals surface area contributed by atoms with Crippen molar-refractivity contribution in [3.63, 3.8) is 0 Å². The van der Waals surface area contributed by atoms with Crippen LogP contribution in [0.1, 0.15) is 11.1 Å². The maximum Gasteiger partial charge on any atom is 0.248 e. The number of nitrogens with one attached hydrogen (secondary N) is 1. The fraction of sp³-hybridized carbons (Fsp3) is 0.227. The average molecular weight is 402 g/mol. The molecule has 0 aliphatic carbocycles. The Balaban J connectivity index is 1.37. The van der Waals surface area contributed by atoms with Crippen LogP contribution in [-0.4, -0.2) is 57.5 Å². The minimum atomic E-state index is -0.211. The van der Waals surface area contributed by atoms with Gasteiger partial charge in [0.05, 0.1) is 25.6 Å². The number of amides is 1. The minimum absolute atomic E-state index is 0.211. The first-order valence-corrected chi connectivity index (χ1v) is 9.74. The van der Waals surface area contributed by atoms with Crippen molar-refractivity contribution in [1.29, 1.82) is 0 Å². The molecule has 1 saturated heterocycles. The van der Waals surface area contributed by atoms with Gasteiger partial charge in [0, 0.05) is 54.9 Å². The van der Waals surface area contributed by atoms with Gasteiger partial charge in [-0.1, -0.05) is 12.1 Å². The molecule has 1 aliphatic rings. The summed E-state index contributed by atoms with van der Waals surface area (Å²) in [5, 5.41) is 14.0. The van der Waals surface area contributed by atoms with E-state index in [2.05, 4.69) is 30.6 Å². The van der Waals surface area contributed by atoms with E-state index in [1.165, 1.54) is 11.6 Å². The van der Waals surface area contributed by atoms with Gasteiger partial charge in [-0.3, -0.25) is 14.7 Å². The molecule has 0 unspecified atom stereocenters. The average Bonchev–Trinajstić information content (AvgIpc) is 2.80. The van der Waals surface area contributed by atoms with Crippen molar-refractivity contribution in [2.45, 2.75) is 6.54 Å². The van der Waals surface area contributed by atoms with E-state index in [9.17, 15) is 4.79 Å². The lowest BCUT2D eigenvalue weighted by atomic mass is 10.0. The fourth-order valence-corrected chi connectivity index (χ4v) is 3.24. The molecule has 8 nitrogen and oxygen atoms in total. The molecule has 1 aromatic carbocycles. The third kappa shape index (κ3) is 5.31. The van der Waals surface area contributed by atoms with Crippen LogP contribution in [0.15, 0.2) is 61.2 Å². The van der Waals surface area contributed by atoms with Gasteiger partial charge in [-0.25, -0.2) is 0 Å². The fourth-order valence-electron chi connectivity index (χ4n) is 3.24. The Labute approximate surface area is 174 Å². The largest absolute Gasteiger partial charge is 0.379 e. The van der Waals surface area contributed by atoms with E-state index in [1.807, 2.05) is 30.3 Å². The third-order valence-corrected chi connectivity index (χ3v) is 4.81. The van der Waals surface area contributed by atoms with Gasteiger partial charge in [-0.2, -0.15) is 0 Å². The molecular weight excluding hydrogens is 380 g/mol. The second kappa shape index (κ2) is 9.82. The van der Waals surface area contributed by atoms with Crippen LogP contribution in [0.5, 0.6) is 0 Å². The number of rotatable bonds is 6. The quantitative estimate of drug-likeness (QED) is 0.633. The van der Waals surface area contributed by atoms with E-state index < -0.39 is 0 Å². The highest BCUT2D eigenvalue weighted by Gasteiger charge is 2.10. The number of carbonyl (C=O) groups is 1. The van der Waals surface area contributed by atoms with Crippen LogP contribution in [0.2, 0.25) is 0 Å². The normalized spacial score (nSPS) is 14.7. The number of hydrogen-bond acceptors (Lipinski definition) is 7. The summed E-state index contributed by atoms with van der Waals surface area (Å²) in [6.07, 6.45) is 9.84. The molecule has 1 aliphatic heterocycles. The lowest BCUT2D eigenvalue weighted by molar-refractivity contribution is -0.111. The number of hydrogen-bond donors (Lipinski definition) is 1. The second-order valence-electron chi connectivity index (χ2n) is 6.90. The molecule has 1 N–H and O–H groups in total. The van der Waals surface area contributed by atoms with Crippen molar-refractivity contribution in [1.82, 2.24) is 25.3 Å². The molecule has 0 saturated carbocycles. The highest BCUT2D eigenvalue weighted by Crippen LogP contribution is 2.22. The van der Waals surface area contributed by atoms with Gasteiger partial charge in [0.15, 0.2) is 0 Å². The molecule has 152 valence electrons. The molecule has 2 aromatic heterocycles. The number of ether oxygens (including phenoxy) is 1. The molecule has 3 aromatic rings. The molecule has 8 heteroatoms. The molecule has 4 rings (SSSR count). The number of pyridine rings is 1. The van der Waals surface area contributed by atoms with Crippen molar-refractivity contribution in [3.8, 4) is 11.1 Å². The van der Waals surface area contributed by atoms with Gasteiger partial charge in [0.2, 0.25) is 5.91 Å². The molecule has 30 heavy (non-hydrogen) atoms. The Morgan fingerprint density at radius 3 is 2.60 bits per heavy atom. The minimum Gasteiger partial charge on any atom is -0.379 e. The Bertz CT molecular complexity index is 1000. The maximum absolute atomic E-state index is 12.4. The predicted molar refractivity (Wildman–Crippen MR) is 113 cm³/mol. The first kappa shape index (κ1) is 19.8. The molecule has 0 spiro atoms. The van der Waals surface area contributed by atoms with Crippen LogP contribution in [-0.2, 0) is 16.1 Å². The van der Waals surface area contributed by atoms with Crippen LogP contribution < -0.4 is 5.32 Å². The zero-order chi connectivity index (χ0) is 20.6. The summed E-state index contributed by atoms with van der Waals surface area (Å²) in [5.41, 5.74) is 4.45. The van der Waals surface area contributed by atoms with Crippen molar-refractivity contribution in [2.75, 3.05) is 31.6 Å². The number of morpholine rings is 1. The van der Waals surface area contributed by atoms with E-state index in [1.54, 1.807) is 30.9 Å². The zero-order valence-corrected chi connectivity index (χ0v) is 16.4. The van der Waals surface area contributed by atoms with Gasteiger partial charge in [-0.05, 0) is 40.6 Å². The van der Waals surface area contributed by atoms with E-state index in [4.69, 9.17) is 4.74 Å². The summed E-state index contributed by atoms with van der Waals surface area (Å²) >= 11 is 0. The smallest absolute Gasteiger partial charge is 0.248 e. The van der Waals surface area contributed by atoms with E-state index in [0.29, 0.717) is 0 Å². The van der Waals surface area contributed by atoms with Gasteiger partial charge in [0.25, 0.3) is 0 Å². The Hall–Kier alpha value is -3.49. The molecular formula is C22H22N6O2. The van der Waals surface area contributed by atoms with Crippen LogP contribution >= 0.6 is 0 Å². The highest BCUT2D eigenvalue weighted by molar-refractivity contribution is 6.02. The van der Waals surface area contributed by atoms with Crippen LogP contribution in [0.3, 0.4) is 0 Å². The maximum atomic E-state index is 12.4. The Morgan fingerprint density at radius 1 is 1.07 bits per heavy atom. The first-order valence-electron chi connectivity index (χ1n) is 9.74. The zero-order valence-electron chi connectivity index (χ0n) is 16.4. The lowest BCUT2D eigenvalue weighted by Gasteiger charge is -2.26. The van der Waals surface area contributed by atoms with Gasteiger partial charge >= 0.3 is 0 Å². The molecule has 0 radical (unpaired) electrons. The number of benzene rings is 1. The van der Waals surface area contributed by atoms with E-state index in [0.717, 1.165) is 55.2 Å². The van der Waals surface area contributed by atoms with Crippen LogP contribution in [0, 0.1) is 0 Å². The summed E-state index contributed by atoms with van der Waals surface area (Å²) in [6, 6.07) is 9.77. The summed E-state index contributed by atoms with van der Waals surface area (Å²) in [5.74, 6) is -0.211. The van der Waals surface area contributed by atoms with Crippen molar-refractivity contribution in [2.24, 2.45) is 0 Å². The third-order valence-electron chi connectivity index (χ3n) is 4.81. The monoisotopic (exact) mass is 402 g/mol. The Morgan fingerprint density at radius 2 is 1.83 bits per heavy atom. The van der Waals surface area contributed by atoms with Crippen LogP contribution in [0.25, 0.3) is 17.2 Å². The van der Waals surface area contributed by atoms with Crippen molar-refractivity contribution in [3.05, 3.63) is 72.3 Å². The highest BCUT2D eigenvalue weighted by atomic mass is 16.5. The number of nitrogens with zero attached hydrogens (tertiary/aromatic N) is 5. The van der Waals surface area contributed by atoms with E-state index >= 15 is 0 Å². The summed E-state index contributed by atoms with van der Waals surface area (Å²) in [4.78, 5) is 18.9. The molecule has 1 fully saturated rings. The summed E-state index contributed by atoms with van der Waals surface area (Å²) in [6.45, 7) is 4.36. The van der Waals surface area contributed by atoms with Crippen molar-refractivity contribution < 1.29 is 9.53 Å². The molecule has 0 bridgehead atoms. The lowest BCUT2D eigenvalue weighted by Crippen LogP contribution is -2.35. The number of aromatic nitrogens is 4. The number of carbonyl (C=O) groups excluding carboxylic acids is 1. The van der Waals surface area contributed by atoms with Crippen LogP contribution in [0.4, 0.5) is 5.69 Å². The topological polar surface area (TPSA) is 93.1 Å². The Kier molecular flexibility index (Phi) is 6.48. The first-order chi connectivity index (χ1) is 14.8. The van der Waals surface area contributed by atoms with Gasteiger partial charge in [-0.15, -0.1) is 10.2 Å². The predicted octanol–water partition coefficient (Wildman–Crippen LogP) is 2.42.